The molecule has 7 amide bonds. The number of benzene rings is 5. The monoisotopic (exact) mass is 1540 g/mol. The minimum atomic E-state index is -2.11. The fourth-order valence-corrected chi connectivity index (χ4v) is 14.0. The number of nitrogens with one attached hydrogen (secondary N) is 6. The van der Waals surface area contributed by atoms with Crippen LogP contribution in [0.1, 0.15) is 115 Å². The first kappa shape index (κ1) is 71.4. The maximum absolute atomic E-state index is 16.0. The molecule has 496 valence electrons. The van der Waals surface area contributed by atoms with E-state index in [0.717, 1.165) is 31.3 Å². The van der Waals surface area contributed by atoms with Crippen LogP contribution in [-0.2, 0) is 62.3 Å². The van der Waals surface area contributed by atoms with Crippen molar-refractivity contribution in [3.63, 3.8) is 0 Å². The molecular weight excluding hydrogens is 1470 g/mol. The molecule has 0 spiro atoms. The number of primary amides is 1. The summed E-state index contributed by atoms with van der Waals surface area (Å²) in [5.74, 6) is -10.1. The summed E-state index contributed by atoms with van der Waals surface area (Å²) in [6.07, 6.45) is -8.29. The minimum absolute atomic E-state index is 0.0163. The summed E-state index contributed by atoms with van der Waals surface area (Å²) in [5.41, 5.74) is 5.27. The summed E-state index contributed by atoms with van der Waals surface area (Å²) in [6, 6.07) is 3.34. The van der Waals surface area contributed by atoms with Crippen LogP contribution in [0.2, 0.25) is 4.39 Å². The Morgan fingerprint density at radius 2 is 1.28 bits per heavy atom. The van der Waals surface area contributed by atoms with Gasteiger partial charge in [0.1, 0.15) is 6.04 Å². The molecule has 5 aromatic rings. The van der Waals surface area contributed by atoms with Gasteiger partial charge in [0.15, 0.2) is 0 Å². The molecule has 11 rings (SSSR count). The van der Waals surface area contributed by atoms with Crippen molar-refractivity contribution < 1.29 is 112 Å². The van der Waals surface area contributed by atoms with Gasteiger partial charge in [0.05, 0.1) is 12.5 Å². The van der Waals surface area contributed by atoms with E-state index in [1.54, 1.807) is 39.8 Å². The number of ether oxygens (including phenoxy) is 4. The molecule has 0 aliphatic carbocycles. The van der Waals surface area contributed by atoms with E-state index in [0.29, 0.717) is 18.4 Å². The second-order valence-corrected chi connectivity index (χ2v) is 28.9. The molecule has 27 nitrogen and oxygen atoms in total. The predicted molar refractivity (Wildman–Crippen MR) is 331 cm³/mol. The van der Waals surface area contributed by atoms with E-state index in [2.05, 4.69) is 31.9 Å². The molecule has 6 heterocycles. The number of amides is 7. The van der Waals surface area contributed by atoms with Crippen LogP contribution in [0.4, 0.5) is 0 Å². The number of rotatable bonds is 12. The first-order valence-corrected chi connectivity index (χ1v) is 34.5. The molecule has 15 N–H and O–H groups in total. The van der Waals surface area contributed by atoms with Crippen molar-refractivity contribution in [1.29, 1.82) is 0 Å². The van der Waals surface area contributed by atoms with Gasteiger partial charge in [0.25, 0.3) is 0 Å². The molecular formula is C65H74N8O19RbRe. The van der Waals surface area contributed by atoms with Gasteiger partial charge in [-0.1, -0.05) is 13.8 Å². The number of aliphatic hydroxyl groups is 4. The summed E-state index contributed by atoms with van der Waals surface area (Å²) in [7, 11) is 3.31. The van der Waals surface area contributed by atoms with Crippen molar-refractivity contribution in [2.45, 2.75) is 144 Å². The van der Waals surface area contributed by atoms with Gasteiger partial charge < -0.3 is 21.5 Å². The summed E-state index contributed by atoms with van der Waals surface area (Å²) < 4.78 is 25.3. The fourth-order valence-electron chi connectivity index (χ4n) is 11.9. The topological polar surface area (TPSA) is 417 Å². The third-order valence-corrected chi connectivity index (χ3v) is 20.5. The Morgan fingerprint density at radius 1 is 0.691 bits per heavy atom. The third-order valence-electron chi connectivity index (χ3n) is 17.2. The number of hydrogen-bond acceptors (Lipinski definition) is 20. The van der Waals surface area contributed by atoms with Crippen molar-refractivity contribution in [3.05, 3.63) is 117 Å². The Bertz CT molecular complexity index is 3830. The van der Waals surface area contributed by atoms with Crippen LogP contribution in [0.15, 0.2) is 72.8 Å². The van der Waals surface area contributed by atoms with E-state index in [9.17, 15) is 59.7 Å². The summed E-state index contributed by atoms with van der Waals surface area (Å²) in [4.78, 5) is 119. The Labute approximate surface area is 590 Å². The van der Waals surface area contributed by atoms with Crippen LogP contribution in [0.25, 0.3) is 11.1 Å². The van der Waals surface area contributed by atoms with E-state index in [-0.39, 0.29) is 91.3 Å². The van der Waals surface area contributed by atoms with Crippen molar-refractivity contribution in [1.82, 2.24) is 36.8 Å². The van der Waals surface area contributed by atoms with Crippen molar-refractivity contribution in [2.24, 2.45) is 11.7 Å². The number of aromatic hydroxyl groups is 3. The SMILES string of the molecule is CCC1OC(COc2c3cc4cc2Oc2ccc(cc2C)C(O)C(NC(=O)C(CC(C)C)N(C)C)C(=O)NC(CC(N)=O)C(=O)NC4C(=O)NC2C(=O)NC(C(=O)NC([C](=O)[Rb])c4cc(O)c(C)c(O)c4-c4cc2ccc4O)C(O)c2ccc(c(C)c2)O3)[CH]([Re])C(O)C1O. The standard InChI is InChI=1S/C65H74N8O19.Rb.Re/c1-9-44-58(82)43(77)22-35(90-44)26-89-59-47-20-34-21-48(59)92-46-15-12-33(18-29(46)5)57(81)54-65(88)68-39(25-74)36-23-42(76)30(6)55(79)50(36)37-19-31(10-13-41(37)75)51(62(85)72-54)70-63(86)52(34)69-60(83)38(24-49(66)78)67-64(87)53(71-61(84)40(73(7)8)16-27(2)3)56(80)32-11-14-45(91-47)28(4)17-32;;/h10-15,17-23,27,35,38-40,43-44,51-54,56-58,75-77,79-82H,9,16,24,26H2,1-8H3,(H2,66,78)(H,67,87)(H,68,88)(H,69,83)(H,70,86)(H,71,84)(H,72,85);;. The number of carbonyl (C=O) groups excluding carboxylic acids is 8. The van der Waals surface area contributed by atoms with Crippen molar-refractivity contribution >= 4 is 95.7 Å². The van der Waals surface area contributed by atoms with Gasteiger partial charge in [-0.3, -0.25) is 19.3 Å². The molecule has 0 saturated carbocycles. The zero-order chi connectivity index (χ0) is 68.6. The molecule has 14 atom stereocenters. The summed E-state index contributed by atoms with van der Waals surface area (Å²) in [6.45, 7) is 9.76. The predicted octanol–water partition coefficient (Wildman–Crippen LogP) is 1.87. The molecule has 0 radical (unpaired) electrons. The zero-order valence-corrected chi connectivity index (χ0v) is 60.5. The second-order valence-electron chi connectivity index (χ2n) is 24.7. The number of carbonyl (C=O) groups is 8. The van der Waals surface area contributed by atoms with E-state index in [1.165, 1.54) is 67.6 Å². The number of likely N-dealkylation sites (N-methyl/N-ethyl adjacent to an activating group) is 1. The van der Waals surface area contributed by atoms with E-state index in [4.69, 9.17) is 24.7 Å². The fraction of sp³-hybridized carbons (Fsp3) is 0.415. The van der Waals surface area contributed by atoms with Crippen LogP contribution in [0.5, 0.6) is 46.0 Å². The number of phenols is 3. The van der Waals surface area contributed by atoms with Crippen molar-refractivity contribution in [2.75, 3.05) is 20.7 Å². The zero-order valence-electron chi connectivity index (χ0n) is 52.8. The van der Waals surface area contributed by atoms with Crippen LogP contribution in [0, 0.1) is 26.7 Å². The normalized spacial score (nSPS) is 25.9. The first-order valence-electron chi connectivity index (χ1n) is 30.4. The molecule has 11 bridgehead atoms. The van der Waals surface area contributed by atoms with Crippen LogP contribution in [0.3, 0.4) is 0 Å². The molecule has 6 aliphatic heterocycles. The second kappa shape index (κ2) is 29.6. The maximum atomic E-state index is 16.0. The Morgan fingerprint density at radius 3 is 1.85 bits per heavy atom. The molecule has 29 heteroatoms. The van der Waals surface area contributed by atoms with Crippen LogP contribution >= 0.6 is 0 Å². The average Bonchev–Trinajstić information content (AvgIpc) is 0.764. The van der Waals surface area contributed by atoms with Gasteiger partial charge in [-0.05, 0) is 26.4 Å². The number of nitrogens with two attached hydrogens (primary N) is 1. The summed E-state index contributed by atoms with van der Waals surface area (Å²) >= 11 is 0.187. The van der Waals surface area contributed by atoms with E-state index in [1.807, 2.05) is 13.8 Å². The molecule has 94 heavy (non-hydrogen) atoms. The van der Waals surface area contributed by atoms with Gasteiger partial charge >= 0.3 is 478 Å². The Kier molecular flexibility index (Phi) is 22.5. The average molecular weight is 1540 g/mol. The number of aliphatic hydroxyl groups excluding tert-OH is 4. The number of aryl methyl sites for hydroxylation is 2. The van der Waals surface area contributed by atoms with Gasteiger partial charge in [-0.25, -0.2) is 0 Å². The molecule has 6 aliphatic rings. The Hall–Kier alpha value is -6.91. The molecule has 1 fully saturated rings. The molecule has 14 unspecified atom stereocenters. The summed E-state index contributed by atoms with van der Waals surface area (Å²) in [5, 5.41) is 97.2. The van der Waals surface area contributed by atoms with E-state index < -0.39 is 203 Å². The quantitative estimate of drug-likeness (QED) is 0.0848. The van der Waals surface area contributed by atoms with Gasteiger partial charge in [0, 0.05) is 0 Å². The van der Waals surface area contributed by atoms with Gasteiger partial charge in [-0.15, -0.1) is 0 Å². The van der Waals surface area contributed by atoms with Crippen LogP contribution in [-0.4, -0.2) is 206 Å². The molecule has 5 aromatic carbocycles. The number of phenolic OH excluding ortho intramolecular Hbond substituents is 3. The van der Waals surface area contributed by atoms with Gasteiger partial charge in [0.2, 0.25) is 17.7 Å². The van der Waals surface area contributed by atoms with E-state index >= 15 is 14.4 Å². The molecule has 0 aromatic heterocycles. The Balaban J connectivity index is 1.31. The number of hydrogen-bond donors (Lipinski definition) is 14. The van der Waals surface area contributed by atoms with Crippen molar-refractivity contribution in [3.8, 4) is 57.1 Å². The van der Waals surface area contributed by atoms with Gasteiger partial charge in [-0.2, -0.15) is 0 Å². The number of fused-ring (bicyclic) bond motifs is 15. The molecule has 1 saturated heterocycles. The van der Waals surface area contributed by atoms with Crippen LogP contribution < -0.4 is 51.8 Å². The number of nitrogens with zero attached hydrogens (tertiary/aromatic N) is 1. The first-order chi connectivity index (χ1) is 44.4. The third kappa shape index (κ3) is 15.2.